The quantitative estimate of drug-likeness (QED) is 0.590. The van der Waals surface area contributed by atoms with Gasteiger partial charge in [0.05, 0.1) is 28.4 Å². The Morgan fingerprint density at radius 1 is 0.467 bits per heavy atom. The third kappa shape index (κ3) is 3.68. The summed E-state index contributed by atoms with van der Waals surface area (Å²) in [6.45, 7) is 3.83. The summed E-state index contributed by atoms with van der Waals surface area (Å²) in [5.41, 5.74) is 4.19. The first-order valence-corrected chi connectivity index (χ1v) is 9.36. The summed E-state index contributed by atoms with van der Waals surface area (Å²) < 4.78 is 21.8. The molecule has 0 saturated carbocycles. The standard InChI is InChI=1S/C24H26O6/c1-13-7-17(23(25)21(9-13)29-5)15-11-16(20(28-4)12-19(15)27-3)18-8-14(2)10-22(30-6)24(18)26/h7-12,25-26H,1-6H3. The van der Waals surface area contributed by atoms with Crippen LogP contribution in [0.4, 0.5) is 0 Å². The summed E-state index contributed by atoms with van der Waals surface area (Å²) in [6, 6.07) is 10.8. The Labute approximate surface area is 176 Å². The van der Waals surface area contributed by atoms with Crippen LogP contribution >= 0.6 is 0 Å². The molecule has 30 heavy (non-hydrogen) atoms. The smallest absolute Gasteiger partial charge is 0.165 e. The molecule has 3 aromatic carbocycles. The monoisotopic (exact) mass is 410 g/mol. The lowest BCUT2D eigenvalue weighted by molar-refractivity contribution is 0.373. The molecule has 0 aromatic heterocycles. The van der Waals surface area contributed by atoms with E-state index < -0.39 is 0 Å². The van der Waals surface area contributed by atoms with Gasteiger partial charge in [0, 0.05) is 28.3 Å². The highest BCUT2D eigenvalue weighted by Gasteiger charge is 2.21. The molecule has 0 aliphatic heterocycles. The number of hydrogen-bond acceptors (Lipinski definition) is 6. The van der Waals surface area contributed by atoms with Crippen LogP contribution in [0.1, 0.15) is 11.1 Å². The van der Waals surface area contributed by atoms with Gasteiger partial charge in [-0.2, -0.15) is 0 Å². The van der Waals surface area contributed by atoms with Crippen LogP contribution in [0.3, 0.4) is 0 Å². The molecule has 0 saturated heterocycles. The maximum Gasteiger partial charge on any atom is 0.165 e. The van der Waals surface area contributed by atoms with Gasteiger partial charge in [-0.05, 0) is 55.3 Å². The van der Waals surface area contributed by atoms with Crippen LogP contribution in [0.2, 0.25) is 0 Å². The molecule has 0 aliphatic carbocycles. The molecular formula is C24H26O6. The first kappa shape index (κ1) is 21.2. The third-order valence-electron chi connectivity index (χ3n) is 4.98. The van der Waals surface area contributed by atoms with Crippen molar-refractivity contribution in [1.29, 1.82) is 0 Å². The van der Waals surface area contributed by atoms with Crippen molar-refractivity contribution in [2.45, 2.75) is 13.8 Å². The zero-order valence-corrected chi connectivity index (χ0v) is 18.0. The van der Waals surface area contributed by atoms with Crippen molar-refractivity contribution in [3.63, 3.8) is 0 Å². The van der Waals surface area contributed by atoms with Crippen molar-refractivity contribution in [2.75, 3.05) is 28.4 Å². The molecule has 0 atom stereocenters. The second kappa shape index (κ2) is 8.45. The van der Waals surface area contributed by atoms with Crippen LogP contribution in [0.5, 0.6) is 34.5 Å². The summed E-state index contributed by atoms with van der Waals surface area (Å²) >= 11 is 0. The topological polar surface area (TPSA) is 77.4 Å². The van der Waals surface area contributed by atoms with Gasteiger partial charge in [0.25, 0.3) is 0 Å². The fraction of sp³-hybridized carbons (Fsp3) is 0.250. The lowest BCUT2D eigenvalue weighted by atomic mass is 9.94. The van der Waals surface area contributed by atoms with E-state index in [1.54, 1.807) is 32.4 Å². The van der Waals surface area contributed by atoms with Crippen molar-refractivity contribution in [2.24, 2.45) is 0 Å². The van der Waals surface area contributed by atoms with Gasteiger partial charge in [-0.15, -0.1) is 0 Å². The number of aryl methyl sites for hydroxylation is 2. The average Bonchev–Trinajstić information content (AvgIpc) is 2.75. The Kier molecular flexibility index (Phi) is 5.96. The molecular weight excluding hydrogens is 384 g/mol. The second-order valence-electron chi connectivity index (χ2n) is 6.98. The summed E-state index contributed by atoms with van der Waals surface area (Å²) in [5.74, 6) is 1.76. The normalized spacial score (nSPS) is 10.6. The zero-order valence-electron chi connectivity index (χ0n) is 18.0. The van der Waals surface area contributed by atoms with Crippen LogP contribution in [-0.4, -0.2) is 38.7 Å². The average molecular weight is 410 g/mol. The minimum absolute atomic E-state index is 0.00330. The summed E-state index contributed by atoms with van der Waals surface area (Å²) in [7, 11) is 6.11. The number of rotatable bonds is 6. The molecule has 0 unspecified atom stereocenters. The number of ether oxygens (including phenoxy) is 4. The van der Waals surface area contributed by atoms with Crippen LogP contribution in [0.15, 0.2) is 36.4 Å². The molecule has 0 spiro atoms. The van der Waals surface area contributed by atoms with E-state index in [0.29, 0.717) is 45.3 Å². The second-order valence-corrected chi connectivity index (χ2v) is 6.98. The number of benzene rings is 3. The third-order valence-corrected chi connectivity index (χ3v) is 4.98. The highest BCUT2D eigenvalue weighted by atomic mass is 16.5. The number of hydrogen-bond donors (Lipinski definition) is 2. The van der Waals surface area contributed by atoms with E-state index in [2.05, 4.69) is 0 Å². The predicted molar refractivity (Wildman–Crippen MR) is 116 cm³/mol. The Hall–Kier alpha value is -3.54. The van der Waals surface area contributed by atoms with E-state index in [0.717, 1.165) is 11.1 Å². The lowest BCUT2D eigenvalue weighted by Gasteiger charge is -2.19. The van der Waals surface area contributed by atoms with Crippen molar-refractivity contribution in [3.8, 4) is 56.8 Å². The zero-order chi connectivity index (χ0) is 22.0. The van der Waals surface area contributed by atoms with Gasteiger partial charge in [-0.3, -0.25) is 0 Å². The van der Waals surface area contributed by atoms with E-state index in [9.17, 15) is 10.2 Å². The van der Waals surface area contributed by atoms with E-state index in [1.807, 2.05) is 32.0 Å². The SMILES string of the molecule is COc1cc(OC)c(-c2cc(C)cc(OC)c2O)cc1-c1cc(C)cc(OC)c1O. The van der Waals surface area contributed by atoms with E-state index >= 15 is 0 Å². The molecule has 2 N–H and O–H groups in total. The fourth-order valence-corrected chi connectivity index (χ4v) is 3.53. The van der Waals surface area contributed by atoms with Gasteiger partial charge in [0.1, 0.15) is 11.5 Å². The van der Waals surface area contributed by atoms with E-state index in [1.165, 1.54) is 14.2 Å². The van der Waals surface area contributed by atoms with Crippen molar-refractivity contribution >= 4 is 0 Å². The Morgan fingerprint density at radius 3 is 1.17 bits per heavy atom. The predicted octanol–water partition coefficient (Wildman–Crippen LogP) is 5.08. The van der Waals surface area contributed by atoms with Crippen molar-refractivity contribution < 1.29 is 29.2 Å². The molecule has 0 radical (unpaired) electrons. The highest BCUT2D eigenvalue weighted by molar-refractivity contribution is 5.87. The molecule has 0 aliphatic rings. The molecule has 0 amide bonds. The molecule has 0 heterocycles. The van der Waals surface area contributed by atoms with Crippen LogP contribution in [-0.2, 0) is 0 Å². The largest absolute Gasteiger partial charge is 0.504 e. The van der Waals surface area contributed by atoms with Crippen LogP contribution < -0.4 is 18.9 Å². The minimum Gasteiger partial charge on any atom is -0.504 e. The maximum absolute atomic E-state index is 10.8. The number of phenolic OH excluding ortho intramolecular Hbond substituents is 2. The number of aromatic hydroxyl groups is 2. The molecule has 3 rings (SSSR count). The van der Waals surface area contributed by atoms with Gasteiger partial charge in [0.15, 0.2) is 23.0 Å². The van der Waals surface area contributed by atoms with Crippen molar-refractivity contribution in [1.82, 2.24) is 0 Å². The lowest BCUT2D eigenvalue weighted by Crippen LogP contribution is -1.96. The molecule has 3 aromatic rings. The molecule has 0 bridgehead atoms. The van der Waals surface area contributed by atoms with E-state index in [-0.39, 0.29) is 11.5 Å². The highest BCUT2D eigenvalue weighted by Crippen LogP contribution is 2.48. The fourth-order valence-electron chi connectivity index (χ4n) is 3.53. The number of phenols is 2. The van der Waals surface area contributed by atoms with Gasteiger partial charge in [-0.1, -0.05) is 0 Å². The Morgan fingerprint density at radius 2 is 0.833 bits per heavy atom. The molecule has 0 fully saturated rings. The van der Waals surface area contributed by atoms with Gasteiger partial charge in [0.2, 0.25) is 0 Å². The van der Waals surface area contributed by atoms with Crippen molar-refractivity contribution in [3.05, 3.63) is 47.5 Å². The minimum atomic E-state index is 0.00330. The Bertz CT molecular complexity index is 1010. The van der Waals surface area contributed by atoms with Gasteiger partial charge >= 0.3 is 0 Å². The molecule has 158 valence electrons. The van der Waals surface area contributed by atoms with Crippen LogP contribution in [0.25, 0.3) is 22.3 Å². The Balaban J connectivity index is 2.37. The summed E-state index contributed by atoms with van der Waals surface area (Å²) in [4.78, 5) is 0. The molecule has 6 nitrogen and oxygen atoms in total. The first-order valence-electron chi connectivity index (χ1n) is 9.36. The first-order chi connectivity index (χ1) is 14.3. The van der Waals surface area contributed by atoms with E-state index in [4.69, 9.17) is 18.9 Å². The summed E-state index contributed by atoms with van der Waals surface area (Å²) in [5, 5.41) is 21.5. The van der Waals surface area contributed by atoms with Gasteiger partial charge < -0.3 is 29.2 Å². The molecule has 6 heteroatoms. The van der Waals surface area contributed by atoms with Gasteiger partial charge in [-0.25, -0.2) is 0 Å². The summed E-state index contributed by atoms with van der Waals surface area (Å²) in [6.07, 6.45) is 0. The van der Waals surface area contributed by atoms with Crippen LogP contribution in [0, 0.1) is 13.8 Å². The maximum atomic E-state index is 10.8. The number of methoxy groups -OCH3 is 4.